The van der Waals surface area contributed by atoms with Crippen LogP contribution in [0.15, 0.2) is 47.4 Å². The van der Waals surface area contributed by atoms with Crippen LogP contribution in [0, 0.1) is 12.8 Å². The summed E-state index contributed by atoms with van der Waals surface area (Å²) in [5.41, 5.74) is 7.21. The van der Waals surface area contributed by atoms with E-state index in [1.807, 2.05) is 6.07 Å². The molecule has 1 atom stereocenters. The van der Waals surface area contributed by atoms with E-state index in [2.05, 4.69) is 59.8 Å². The van der Waals surface area contributed by atoms with Crippen LogP contribution in [0.25, 0.3) is 5.57 Å². The van der Waals surface area contributed by atoms with Crippen LogP contribution in [-0.4, -0.2) is 7.85 Å². The molecule has 0 spiro atoms. The number of hydrogen-bond acceptors (Lipinski definition) is 0. The van der Waals surface area contributed by atoms with E-state index < -0.39 is 0 Å². The number of fused-ring (bicyclic) bond motifs is 1. The highest BCUT2D eigenvalue weighted by molar-refractivity contribution is 9.10. The van der Waals surface area contributed by atoms with Crippen LogP contribution >= 0.6 is 15.9 Å². The van der Waals surface area contributed by atoms with Gasteiger partial charge in [-0.05, 0) is 54.0 Å². The molecule has 0 N–H and O–H groups in total. The summed E-state index contributed by atoms with van der Waals surface area (Å²) in [6.07, 6.45) is 2.01. The van der Waals surface area contributed by atoms with Gasteiger partial charge in [-0.25, -0.2) is 0 Å². The second-order valence-corrected chi connectivity index (χ2v) is 6.40. The van der Waals surface area contributed by atoms with Gasteiger partial charge in [-0.15, -0.1) is 0 Å². The van der Waals surface area contributed by atoms with Gasteiger partial charge in [0.05, 0.1) is 0 Å². The maximum Gasteiger partial charge on any atom is 0.114 e. The van der Waals surface area contributed by atoms with Crippen molar-refractivity contribution < 1.29 is 0 Å². The van der Waals surface area contributed by atoms with E-state index in [-0.39, 0.29) is 0 Å². The summed E-state index contributed by atoms with van der Waals surface area (Å²) in [5, 5.41) is 0. The molecule has 0 aliphatic heterocycles. The fourth-order valence-electron chi connectivity index (χ4n) is 3.02. The molecule has 1 unspecified atom stereocenters. The van der Waals surface area contributed by atoms with E-state index in [9.17, 15) is 0 Å². The summed E-state index contributed by atoms with van der Waals surface area (Å²) in [6.45, 7) is 6.37. The number of benzene rings is 2. The summed E-state index contributed by atoms with van der Waals surface area (Å²) < 4.78 is 1.17. The van der Waals surface area contributed by atoms with Crippen molar-refractivity contribution >= 4 is 34.8 Å². The van der Waals surface area contributed by atoms with E-state index >= 15 is 0 Å². The van der Waals surface area contributed by atoms with E-state index in [0.29, 0.717) is 5.92 Å². The van der Waals surface area contributed by atoms with Gasteiger partial charge < -0.3 is 0 Å². The third-order valence-corrected chi connectivity index (χ3v) is 5.06. The highest BCUT2D eigenvalue weighted by Crippen LogP contribution is 2.38. The Bertz CT molecular complexity index is 688. The Morgan fingerprint density at radius 1 is 1.25 bits per heavy atom. The Balaban J connectivity index is 1.91. The van der Waals surface area contributed by atoms with Crippen molar-refractivity contribution in [2.24, 2.45) is 5.92 Å². The lowest BCUT2D eigenvalue weighted by Gasteiger charge is -2.12. The summed E-state index contributed by atoms with van der Waals surface area (Å²) >= 11 is 3.63. The summed E-state index contributed by atoms with van der Waals surface area (Å²) in [6, 6.07) is 12.7. The minimum Gasteiger partial charge on any atom is -0.0949 e. The molecule has 2 aromatic rings. The third-order valence-electron chi connectivity index (χ3n) is 4.29. The normalized spacial score (nSPS) is 17.3. The molecular weight excluding hydrogens is 307 g/mol. The van der Waals surface area contributed by atoms with Crippen molar-refractivity contribution in [2.75, 3.05) is 0 Å². The molecule has 0 heterocycles. The molecule has 1 aliphatic rings. The Morgan fingerprint density at radius 2 is 2.00 bits per heavy atom. The Labute approximate surface area is 130 Å². The quantitative estimate of drug-likeness (QED) is 0.734. The fraction of sp³-hybridized carbons (Fsp3) is 0.222. The Morgan fingerprint density at radius 3 is 2.75 bits per heavy atom. The highest BCUT2D eigenvalue weighted by Gasteiger charge is 2.27. The lowest BCUT2D eigenvalue weighted by Crippen LogP contribution is -2.14. The van der Waals surface area contributed by atoms with Gasteiger partial charge >= 0.3 is 0 Å². The zero-order chi connectivity index (χ0) is 14.3. The van der Waals surface area contributed by atoms with Crippen molar-refractivity contribution in [1.29, 1.82) is 0 Å². The highest BCUT2D eigenvalue weighted by atomic mass is 79.9. The first kappa shape index (κ1) is 13.7. The molecule has 98 valence electrons. The van der Waals surface area contributed by atoms with Crippen LogP contribution in [0.5, 0.6) is 0 Å². The molecule has 2 radical (unpaired) electrons. The van der Waals surface area contributed by atoms with E-state index in [1.54, 1.807) is 0 Å². The zero-order valence-corrected chi connectivity index (χ0v) is 13.2. The summed E-state index contributed by atoms with van der Waals surface area (Å²) in [5.74, 6) is 0.452. The standard InChI is InChI=1S/C18H16BBr/c1-11-7-8-15-12(2)14(10-16(15)18(11)19)9-13-5-3-4-6-17(13)20/h3-8,14H,2,9-10H2,1H3. The lowest BCUT2D eigenvalue weighted by molar-refractivity contribution is 0.690. The molecule has 1 aliphatic carbocycles. The number of halogens is 1. The Kier molecular flexibility index (Phi) is 3.60. The predicted molar refractivity (Wildman–Crippen MR) is 90.6 cm³/mol. The minimum atomic E-state index is 0.452. The van der Waals surface area contributed by atoms with Gasteiger partial charge in [-0.2, -0.15) is 0 Å². The van der Waals surface area contributed by atoms with Gasteiger partial charge in [0.1, 0.15) is 7.85 Å². The lowest BCUT2D eigenvalue weighted by atomic mass is 9.84. The van der Waals surface area contributed by atoms with Gasteiger partial charge in [-0.1, -0.05) is 63.9 Å². The summed E-state index contributed by atoms with van der Waals surface area (Å²) in [7, 11) is 6.23. The molecule has 0 saturated heterocycles. The molecule has 0 bridgehead atoms. The molecule has 0 amide bonds. The van der Waals surface area contributed by atoms with E-state index in [0.717, 1.165) is 23.9 Å². The smallest absolute Gasteiger partial charge is 0.0949 e. The molecule has 0 aromatic heterocycles. The first-order valence-electron chi connectivity index (χ1n) is 6.88. The average Bonchev–Trinajstić information content (AvgIpc) is 2.75. The van der Waals surface area contributed by atoms with Crippen LogP contribution < -0.4 is 5.46 Å². The van der Waals surface area contributed by atoms with Gasteiger partial charge in [0, 0.05) is 4.47 Å². The second-order valence-electron chi connectivity index (χ2n) is 5.54. The van der Waals surface area contributed by atoms with Crippen LogP contribution in [0.3, 0.4) is 0 Å². The van der Waals surface area contributed by atoms with Crippen molar-refractivity contribution in [3.05, 3.63) is 69.7 Å². The third kappa shape index (κ3) is 2.27. The molecule has 0 fully saturated rings. The maximum absolute atomic E-state index is 6.23. The SMILES string of the molecule is [B]c1c(C)ccc2c1CC(Cc1ccccc1Br)C2=C. The van der Waals surface area contributed by atoms with Crippen molar-refractivity contribution in [3.8, 4) is 0 Å². The predicted octanol–water partition coefficient (Wildman–Crippen LogP) is 3.98. The van der Waals surface area contributed by atoms with Crippen LogP contribution in [-0.2, 0) is 12.8 Å². The molecular formula is C18H16BBr. The fourth-order valence-corrected chi connectivity index (χ4v) is 3.46. The molecule has 0 saturated carbocycles. The first-order valence-corrected chi connectivity index (χ1v) is 7.67. The molecule has 3 rings (SSSR count). The summed E-state index contributed by atoms with van der Waals surface area (Å²) in [4.78, 5) is 0. The van der Waals surface area contributed by atoms with E-state index in [1.165, 1.54) is 26.7 Å². The number of allylic oxidation sites excluding steroid dienone is 1. The maximum atomic E-state index is 6.23. The average molecular weight is 323 g/mol. The number of rotatable bonds is 2. The van der Waals surface area contributed by atoms with Crippen molar-refractivity contribution in [1.82, 2.24) is 0 Å². The van der Waals surface area contributed by atoms with Gasteiger partial charge in [-0.3, -0.25) is 0 Å². The Hall–Kier alpha value is -1.28. The molecule has 0 nitrogen and oxygen atoms in total. The van der Waals surface area contributed by atoms with Crippen LogP contribution in [0.4, 0.5) is 0 Å². The number of aryl methyl sites for hydroxylation is 1. The van der Waals surface area contributed by atoms with Crippen LogP contribution in [0.1, 0.15) is 22.3 Å². The van der Waals surface area contributed by atoms with E-state index in [4.69, 9.17) is 7.85 Å². The van der Waals surface area contributed by atoms with Crippen molar-refractivity contribution in [2.45, 2.75) is 19.8 Å². The molecule has 2 heteroatoms. The molecule has 2 aromatic carbocycles. The second kappa shape index (κ2) is 5.25. The van der Waals surface area contributed by atoms with Gasteiger partial charge in [0.15, 0.2) is 0 Å². The first-order chi connectivity index (χ1) is 9.58. The largest absolute Gasteiger partial charge is 0.114 e. The topological polar surface area (TPSA) is 0 Å². The van der Waals surface area contributed by atoms with Gasteiger partial charge in [0.25, 0.3) is 0 Å². The van der Waals surface area contributed by atoms with Crippen LogP contribution in [0.2, 0.25) is 0 Å². The monoisotopic (exact) mass is 322 g/mol. The van der Waals surface area contributed by atoms with Gasteiger partial charge in [0.2, 0.25) is 0 Å². The zero-order valence-electron chi connectivity index (χ0n) is 11.6. The van der Waals surface area contributed by atoms with Crippen molar-refractivity contribution in [3.63, 3.8) is 0 Å². The number of hydrogen-bond donors (Lipinski definition) is 0. The minimum absolute atomic E-state index is 0.452. The molecule has 20 heavy (non-hydrogen) atoms.